The van der Waals surface area contributed by atoms with Crippen molar-refractivity contribution in [2.75, 3.05) is 51.3 Å². The monoisotopic (exact) mass is 516 g/mol. The molecule has 1 saturated heterocycles. The van der Waals surface area contributed by atoms with Crippen LogP contribution in [0.5, 0.6) is 5.75 Å². The lowest BCUT2D eigenvalue weighted by molar-refractivity contribution is -0.384. The maximum absolute atomic E-state index is 12.4. The molecular weight excluding hydrogens is 492 g/mol. The van der Waals surface area contributed by atoms with Gasteiger partial charge in [0.2, 0.25) is 5.13 Å². The second-order valence-electron chi connectivity index (χ2n) is 8.03. The normalized spacial score (nSPS) is 14.1. The summed E-state index contributed by atoms with van der Waals surface area (Å²) in [6, 6.07) is 11.9. The number of piperazine rings is 1. The van der Waals surface area contributed by atoms with Crippen molar-refractivity contribution < 1.29 is 14.5 Å². The third-order valence-corrected chi connectivity index (χ3v) is 6.85. The smallest absolute Gasteiger partial charge is 0.288 e. The zero-order valence-electron chi connectivity index (χ0n) is 19.1. The number of nitrogens with one attached hydrogen (secondary N) is 1. The van der Waals surface area contributed by atoms with Crippen molar-refractivity contribution in [1.82, 2.24) is 19.6 Å². The number of nitrogens with zero attached hydrogens (tertiary/aromatic N) is 5. The number of rotatable bonds is 9. The molecule has 0 radical (unpaired) electrons. The van der Waals surface area contributed by atoms with Crippen LogP contribution in [-0.4, -0.2) is 71.5 Å². The number of methoxy groups -OCH3 is 1. The Bertz CT molecular complexity index is 1200. The summed E-state index contributed by atoms with van der Waals surface area (Å²) in [5, 5.41) is 14.8. The number of nitro benzene ring substituents is 1. The van der Waals surface area contributed by atoms with Crippen molar-refractivity contribution in [1.29, 1.82) is 0 Å². The first kappa shape index (κ1) is 24.8. The topological polar surface area (TPSA) is 114 Å². The van der Waals surface area contributed by atoms with Crippen molar-refractivity contribution in [2.24, 2.45) is 0 Å². The maximum atomic E-state index is 12.4. The Labute approximate surface area is 211 Å². The van der Waals surface area contributed by atoms with Crippen LogP contribution in [0.25, 0.3) is 0 Å². The number of hydrogen-bond donors (Lipinski definition) is 1. The summed E-state index contributed by atoms with van der Waals surface area (Å²) in [4.78, 5) is 32.0. The molecule has 0 aliphatic carbocycles. The van der Waals surface area contributed by atoms with Gasteiger partial charge in [-0.3, -0.25) is 19.8 Å². The zero-order chi connectivity index (χ0) is 24.8. The Balaban J connectivity index is 1.22. The van der Waals surface area contributed by atoms with Gasteiger partial charge < -0.3 is 15.0 Å². The van der Waals surface area contributed by atoms with Gasteiger partial charge in [0.25, 0.3) is 11.6 Å². The number of ether oxygens (including phenoxy) is 1. The second kappa shape index (κ2) is 11.4. The lowest BCUT2D eigenvalue weighted by Gasteiger charge is -2.34. The molecule has 1 aromatic heterocycles. The first-order valence-corrected chi connectivity index (χ1v) is 12.2. The van der Waals surface area contributed by atoms with Gasteiger partial charge in [0, 0.05) is 68.9 Å². The molecule has 0 unspecified atom stereocenters. The third kappa shape index (κ3) is 6.44. The molecule has 12 heteroatoms. The van der Waals surface area contributed by atoms with Gasteiger partial charge in [-0.1, -0.05) is 23.7 Å². The van der Waals surface area contributed by atoms with E-state index in [-0.39, 0.29) is 22.2 Å². The highest BCUT2D eigenvalue weighted by Crippen LogP contribution is 2.25. The molecule has 3 aromatic rings. The van der Waals surface area contributed by atoms with Crippen LogP contribution in [0.15, 0.2) is 42.5 Å². The van der Waals surface area contributed by atoms with E-state index >= 15 is 0 Å². The van der Waals surface area contributed by atoms with Crippen LogP contribution in [0.1, 0.15) is 21.7 Å². The van der Waals surface area contributed by atoms with E-state index < -0.39 is 4.92 Å². The van der Waals surface area contributed by atoms with Gasteiger partial charge in [-0.05, 0) is 29.8 Å². The molecule has 0 atom stereocenters. The molecule has 2 heterocycles. The SMILES string of the molecule is COc1cccc(Cc2nsc(N3CCN(CCNC(=O)c4ccc(Cl)c([N+](=O)[O-])c4)CC3)n2)c1. The van der Waals surface area contributed by atoms with E-state index in [0.29, 0.717) is 19.5 Å². The van der Waals surface area contributed by atoms with E-state index in [4.69, 9.17) is 21.3 Å². The number of benzene rings is 2. The molecule has 0 saturated carbocycles. The molecule has 1 N–H and O–H groups in total. The predicted octanol–water partition coefficient (Wildman–Crippen LogP) is 3.25. The van der Waals surface area contributed by atoms with E-state index in [0.717, 1.165) is 48.4 Å². The third-order valence-electron chi connectivity index (χ3n) is 5.72. The fraction of sp³-hybridized carbons (Fsp3) is 0.348. The van der Waals surface area contributed by atoms with Crippen LogP contribution in [0.4, 0.5) is 10.8 Å². The van der Waals surface area contributed by atoms with E-state index in [1.807, 2.05) is 24.3 Å². The number of anilines is 1. The molecular formula is C23H25ClN6O4S. The highest BCUT2D eigenvalue weighted by atomic mass is 35.5. The molecule has 1 amide bonds. The Kier molecular flexibility index (Phi) is 8.11. The van der Waals surface area contributed by atoms with E-state index in [9.17, 15) is 14.9 Å². The molecule has 1 aliphatic heterocycles. The summed E-state index contributed by atoms with van der Waals surface area (Å²) in [7, 11) is 1.65. The number of nitro groups is 1. The molecule has 1 aliphatic rings. The summed E-state index contributed by atoms with van der Waals surface area (Å²) >= 11 is 7.22. The molecule has 0 bridgehead atoms. The summed E-state index contributed by atoms with van der Waals surface area (Å²) in [6.45, 7) is 4.46. The first-order chi connectivity index (χ1) is 16.9. The first-order valence-electron chi connectivity index (χ1n) is 11.1. The van der Waals surface area contributed by atoms with E-state index in [2.05, 4.69) is 19.5 Å². The number of carbonyl (C=O) groups excluding carboxylic acids is 1. The maximum Gasteiger partial charge on any atom is 0.288 e. The van der Waals surface area contributed by atoms with E-state index in [1.54, 1.807) is 7.11 Å². The standard InChI is InChI=1S/C23H25ClN6O4S/c1-34-18-4-2-3-16(13-18)14-21-26-23(35-27-21)29-11-9-28(10-12-29)8-7-25-22(31)17-5-6-19(24)20(15-17)30(32)33/h2-6,13,15H,7-12,14H2,1H3,(H,25,31). The van der Waals surface area contributed by atoms with Crippen LogP contribution < -0.4 is 15.0 Å². The van der Waals surface area contributed by atoms with Crippen molar-refractivity contribution in [2.45, 2.75) is 6.42 Å². The highest BCUT2D eigenvalue weighted by molar-refractivity contribution is 7.09. The molecule has 10 nitrogen and oxygen atoms in total. The highest BCUT2D eigenvalue weighted by Gasteiger charge is 2.21. The van der Waals surface area contributed by atoms with Gasteiger partial charge in [0.05, 0.1) is 12.0 Å². The molecule has 4 rings (SSSR count). The summed E-state index contributed by atoms with van der Waals surface area (Å²) < 4.78 is 9.80. The quantitative estimate of drug-likeness (QED) is 0.340. The minimum Gasteiger partial charge on any atom is -0.497 e. The zero-order valence-corrected chi connectivity index (χ0v) is 20.7. The predicted molar refractivity (Wildman–Crippen MR) is 135 cm³/mol. The van der Waals surface area contributed by atoms with Gasteiger partial charge in [-0.2, -0.15) is 4.37 Å². The van der Waals surface area contributed by atoms with Crippen LogP contribution in [-0.2, 0) is 6.42 Å². The lowest BCUT2D eigenvalue weighted by atomic mass is 10.1. The minimum absolute atomic E-state index is 0.00673. The Morgan fingerprint density at radius 3 is 2.77 bits per heavy atom. The number of carbonyl (C=O) groups is 1. The molecule has 184 valence electrons. The lowest BCUT2D eigenvalue weighted by Crippen LogP contribution is -2.48. The molecule has 0 spiro atoms. The van der Waals surface area contributed by atoms with Crippen LogP contribution in [0.3, 0.4) is 0 Å². The molecule has 2 aromatic carbocycles. The summed E-state index contributed by atoms with van der Waals surface area (Å²) in [5.41, 5.74) is 1.04. The van der Waals surface area contributed by atoms with E-state index in [1.165, 1.54) is 29.7 Å². The molecule has 35 heavy (non-hydrogen) atoms. The summed E-state index contributed by atoms with van der Waals surface area (Å²) in [5.74, 6) is 1.26. The second-order valence-corrected chi connectivity index (χ2v) is 9.17. The number of amides is 1. The molecule has 1 fully saturated rings. The van der Waals surface area contributed by atoms with Gasteiger partial charge in [0.1, 0.15) is 16.6 Å². The number of aromatic nitrogens is 2. The Morgan fingerprint density at radius 2 is 2.03 bits per heavy atom. The van der Waals surface area contributed by atoms with Crippen molar-refractivity contribution >= 4 is 39.9 Å². The van der Waals surface area contributed by atoms with Crippen molar-refractivity contribution in [3.05, 3.63) is 74.6 Å². The fourth-order valence-corrected chi connectivity index (χ4v) is 4.72. The van der Waals surface area contributed by atoms with Gasteiger partial charge in [-0.25, -0.2) is 4.98 Å². The van der Waals surface area contributed by atoms with Gasteiger partial charge >= 0.3 is 0 Å². The fourth-order valence-electron chi connectivity index (χ4n) is 3.80. The van der Waals surface area contributed by atoms with Gasteiger partial charge in [0.15, 0.2) is 0 Å². The average molecular weight is 517 g/mol. The van der Waals surface area contributed by atoms with Gasteiger partial charge in [-0.15, -0.1) is 0 Å². The number of hydrogen-bond acceptors (Lipinski definition) is 9. The Hall–Kier alpha value is -3.28. The number of halogens is 1. The van der Waals surface area contributed by atoms with Crippen LogP contribution in [0.2, 0.25) is 5.02 Å². The van der Waals surface area contributed by atoms with Crippen molar-refractivity contribution in [3.63, 3.8) is 0 Å². The largest absolute Gasteiger partial charge is 0.497 e. The Morgan fingerprint density at radius 1 is 1.23 bits per heavy atom. The van der Waals surface area contributed by atoms with Crippen LogP contribution in [0, 0.1) is 10.1 Å². The summed E-state index contributed by atoms with van der Waals surface area (Å²) in [6.07, 6.45) is 0.657. The minimum atomic E-state index is -0.599. The average Bonchev–Trinajstić information content (AvgIpc) is 3.33. The van der Waals surface area contributed by atoms with Crippen LogP contribution >= 0.6 is 23.1 Å². The van der Waals surface area contributed by atoms with Crippen molar-refractivity contribution in [3.8, 4) is 5.75 Å².